The van der Waals surface area contributed by atoms with E-state index in [4.69, 9.17) is 0 Å². The number of fused-ring (bicyclic) bond motifs is 1. The van der Waals surface area contributed by atoms with Gasteiger partial charge in [0.2, 0.25) is 0 Å². The Morgan fingerprint density at radius 2 is 2.07 bits per heavy atom. The van der Waals surface area contributed by atoms with E-state index in [2.05, 4.69) is 33.8 Å². The molecule has 4 aliphatic carbocycles. The van der Waals surface area contributed by atoms with Crippen molar-refractivity contribution in [1.82, 2.24) is 0 Å². The Morgan fingerprint density at radius 1 is 1.33 bits per heavy atom. The summed E-state index contributed by atoms with van der Waals surface area (Å²) in [6.45, 7) is 9.59. The van der Waals surface area contributed by atoms with E-state index in [0.29, 0.717) is 0 Å². The molecule has 0 aromatic rings. The van der Waals surface area contributed by atoms with Gasteiger partial charge in [0.05, 0.1) is 0 Å². The van der Waals surface area contributed by atoms with Crippen LogP contribution in [0.3, 0.4) is 0 Å². The summed E-state index contributed by atoms with van der Waals surface area (Å²) in [6, 6.07) is 0. The van der Waals surface area contributed by atoms with Crippen LogP contribution in [0.25, 0.3) is 0 Å². The SMILES string of the molecule is CC(C)CC1CC2CC13C2=CC3C(C)C. The number of hydrogen-bond donors (Lipinski definition) is 0. The predicted molar refractivity (Wildman–Crippen MR) is 64.5 cm³/mol. The van der Waals surface area contributed by atoms with Gasteiger partial charge in [-0.1, -0.05) is 39.3 Å². The molecule has 15 heavy (non-hydrogen) atoms. The zero-order chi connectivity index (χ0) is 10.8. The van der Waals surface area contributed by atoms with E-state index in [1.54, 1.807) is 6.42 Å². The fraction of sp³-hybridized carbons (Fsp3) is 0.867. The van der Waals surface area contributed by atoms with Crippen LogP contribution in [-0.2, 0) is 0 Å². The molecule has 1 spiro atoms. The largest absolute Gasteiger partial charge is 0.0802 e. The van der Waals surface area contributed by atoms with Crippen LogP contribution in [0.1, 0.15) is 47.0 Å². The summed E-state index contributed by atoms with van der Waals surface area (Å²) in [6.07, 6.45) is 7.16. The van der Waals surface area contributed by atoms with Crippen molar-refractivity contribution in [3.8, 4) is 0 Å². The first-order chi connectivity index (χ1) is 7.05. The molecule has 0 heterocycles. The van der Waals surface area contributed by atoms with Crippen molar-refractivity contribution < 1.29 is 0 Å². The van der Waals surface area contributed by atoms with Gasteiger partial charge in [0.15, 0.2) is 0 Å². The molecule has 0 aromatic carbocycles. The lowest BCUT2D eigenvalue weighted by atomic mass is 9.45. The van der Waals surface area contributed by atoms with Crippen molar-refractivity contribution in [1.29, 1.82) is 0 Å². The molecule has 0 aliphatic heterocycles. The van der Waals surface area contributed by atoms with Crippen LogP contribution in [0.2, 0.25) is 0 Å². The summed E-state index contributed by atoms with van der Waals surface area (Å²) in [7, 11) is 0. The average Bonchev–Trinajstić information content (AvgIpc) is 2.52. The third-order valence-corrected chi connectivity index (χ3v) is 5.29. The van der Waals surface area contributed by atoms with Crippen LogP contribution >= 0.6 is 0 Å². The van der Waals surface area contributed by atoms with Crippen molar-refractivity contribution in [2.24, 2.45) is 35.0 Å². The first kappa shape index (κ1) is 9.93. The van der Waals surface area contributed by atoms with Crippen LogP contribution in [0, 0.1) is 35.0 Å². The van der Waals surface area contributed by atoms with Crippen molar-refractivity contribution >= 4 is 0 Å². The van der Waals surface area contributed by atoms with Gasteiger partial charge in [-0.05, 0) is 48.9 Å². The van der Waals surface area contributed by atoms with E-state index < -0.39 is 0 Å². The molecule has 0 amide bonds. The molecule has 0 nitrogen and oxygen atoms in total. The minimum atomic E-state index is 0.725. The molecule has 3 saturated carbocycles. The number of hydrogen-bond acceptors (Lipinski definition) is 0. The molecule has 2 bridgehead atoms. The zero-order valence-electron chi connectivity index (χ0n) is 10.6. The molecule has 0 N–H and O–H groups in total. The van der Waals surface area contributed by atoms with Gasteiger partial charge in [-0.25, -0.2) is 0 Å². The van der Waals surface area contributed by atoms with Gasteiger partial charge < -0.3 is 0 Å². The molecule has 0 saturated heterocycles. The summed E-state index contributed by atoms with van der Waals surface area (Å²) >= 11 is 0. The highest BCUT2D eigenvalue weighted by molar-refractivity contribution is 5.45. The average molecular weight is 204 g/mol. The molecular weight excluding hydrogens is 180 g/mol. The van der Waals surface area contributed by atoms with Gasteiger partial charge in [-0.3, -0.25) is 0 Å². The molecule has 4 rings (SSSR count). The van der Waals surface area contributed by atoms with E-state index in [1.165, 1.54) is 12.8 Å². The van der Waals surface area contributed by atoms with Crippen molar-refractivity contribution in [2.75, 3.05) is 0 Å². The van der Waals surface area contributed by atoms with E-state index >= 15 is 0 Å². The number of rotatable bonds is 3. The Bertz CT molecular complexity index is 308. The van der Waals surface area contributed by atoms with Crippen LogP contribution in [0.4, 0.5) is 0 Å². The van der Waals surface area contributed by atoms with Crippen LogP contribution in [-0.4, -0.2) is 0 Å². The molecule has 4 aliphatic rings. The topological polar surface area (TPSA) is 0 Å². The monoisotopic (exact) mass is 204 g/mol. The Morgan fingerprint density at radius 3 is 2.60 bits per heavy atom. The highest BCUT2D eigenvalue weighted by Gasteiger charge is 2.68. The lowest BCUT2D eigenvalue weighted by Crippen LogP contribution is -2.50. The summed E-state index contributed by atoms with van der Waals surface area (Å²) in [5.41, 5.74) is 2.61. The minimum absolute atomic E-state index is 0.725. The summed E-state index contributed by atoms with van der Waals surface area (Å²) in [5.74, 6) is 4.73. The summed E-state index contributed by atoms with van der Waals surface area (Å²) < 4.78 is 0. The van der Waals surface area contributed by atoms with Gasteiger partial charge in [0.1, 0.15) is 0 Å². The van der Waals surface area contributed by atoms with Gasteiger partial charge in [-0.15, -0.1) is 0 Å². The highest BCUT2D eigenvalue weighted by Crippen LogP contribution is 2.76. The normalized spacial score (nSPS) is 46.3. The maximum absolute atomic E-state index is 2.62. The van der Waals surface area contributed by atoms with E-state index in [1.807, 2.05) is 5.57 Å². The molecule has 4 unspecified atom stereocenters. The second-order valence-corrected chi connectivity index (χ2v) is 6.90. The van der Waals surface area contributed by atoms with Gasteiger partial charge in [0.25, 0.3) is 0 Å². The first-order valence-electron chi connectivity index (χ1n) is 6.78. The van der Waals surface area contributed by atoms with Gasteiger partial charge >= 0.3 is 0 Å². The van der Waals surface area contributed by atoms with E-state index in [9.17, 15) is 0 Å². The van der Waals surface area contributed by atoms with Crippen molar-refractivity contribution in [3.63, 3.8) is 0 Å². The van der Waals surface area contributed by atoms with Crippen LogP contribution in [0.15, 0.2) is 11.6 Å². The second kappa shape index (κ2) is 2.90. The Hall–Kier alpha value is -0.260. The minimum Gasteiger partial charge on any atom is -0.0802 e. The Balaban J connectivity index is 1.83. The Kier molecular flexibility index (Phi) is 1.92. The van der Waals surface area contributed by atoms with Crippen LogP contribution in [0.5, 0.6) is 0 Å². The van der Waals surface area contributed by atoms with Gasteiger partial charge in [0, 0.05) is 5.41 Å². The zero-order valence-corrected chi connectivity index (χ0v) is 10.6. The predicted octanol–water partition coefficient (Wildman–Crippen LogP) is 4.27. The lowest BCUT2D eigenvalue weighted by Gasteiger charge is -2.58. The molecule has 3 fully saturated rings. The smallest absolute Gasteiger partial charge is 0.00143 e. The molecular formula is C15H24. The molecule has 84 valence electrons. The van der Waals surface area contributed by atoms with E-state index in [0.717, 1.165) is 35.0 Å². The standard InChI is InChI=1S/C15H24/c1-9(2)5-12-6-11-8-15(12)13(10(3)4)7-14(11)15/h7,9-13H,5-6,8H2,1-4H3. The maximum Gasteiger partial charge on any atom is 0.00143 e. The fourth-order valence-electron chi connectivity index (χ4n) is 4.85. The third-order valence-electron chi connectivity index (χ3n) is 5.29. The first-order valence-corrected chi connectivity index (χ1v) is 6.78. The number of allylic oxidation sites excluding steroid dienone is 2. The fourth-order valence-corrected chi connectivity index (χ4v) is 4.85. The summed E-state index contributed by atoms with van der Waals surface area (Å²) in [4.78, 5) is 0. The van der Waals surface area contributed by atoms with Crippen molar-refractivity contribution in [3.05, 3.63) is 11.6 Å². The Labute approximate surface area is 94.1 Å². The van der Waals surface area contributed by atoms with Crippen molar-refractivity contribution in [2.45, 2.75) is 47.0 Å². The van der Waals surface area contributed by atoms with Crippen LogP contribution < -0.4 is 0 Å². The third kappa shape index (κ3) is 1.04. The molecule has 0 radical (unpaired) electrons. The molecule has 4 atom stereocenters. The molecule has 0 aromatic heterocycles. The molecule has 0 heteroatoms. The van der Waals surface area contributed by atoms with Gasteiger partial charge in [-0.2, -0.15) is 0 Å². The highest BCUT2D eigenvalue weighted by atomic mass is 14.7. The lowest BCUT2D eigenvalue weighted by molar-refractivity contribution is 0.0517. The maximum atomic E-state index is 2.62. The second-order valence-electron chi connectivity index (χ2n) is 6.90. The summed E-state index contributed by atoms with van der Waals surface area (Å²) in [5, 5.41) is 0. The quantitative estimate of drug-likeness (QED) is 0.602. The van der Waals surface area contributed by atoms with E-state index in [-0.39, 0.29) is 0 Å².